The molecular formula is C23H15N3O3. The van der Waals surface area contributed by atoms with Crippen molar-refractivity contribution in [3.8, 4) is 6.07 Å². The van der Waals surface area contributed by atoms with E-state index in [1.165, 1.54) is 24.3 Å². The van der Waals surface area contributed by atoms with Crippen molar-refractivity contribution in [2.75, 3.05) is 4.90 Å². The second-order valence-corrected chi connectivity index (χ2v) is 6.56. The normalized spacial score (nSPS) is 14.3. The maximum absolute atomic E-state index is 13.3. The standard InChI is InChI=1S/C23H15N3O3/c24-14-20(17-10-12-18(13-11-17)26(28)29)22-19-8-4-5-9-21(19)25(23(22)27)15-16-6-2-1-3-7-16/h1-13H,15H2/b22-20+. The number of para-hydroxylation sites is 1. The lowest BCUT2D eigenvalue weighted by atomic mass is 9.96. The molecule has 4 rings (SSSR count). The molecule has 0 aromatic heterocycles. The SMILES string of the molecule is N#C/C(=C1\C(=O)N(Cc2ccccc2)c2ccccc21)c1ccc([N+](=O)[O-])cc1. The van der Waals surface area contributed by atoms with Crippen LogP contribution in [0.2, 0.25) is 0 Å². The summed E-state index contributed by atoms with van der Waals surface area (Å²) < 4.78 is 0. The minimum atomic E-state index is -0.499. The smallest absolute Gasteiger partial charge is 0.269 e. The largest absolute Gasteiger partial charge is 0.303 e. The van der Waals surface area contributed by atoms with Crippen molar-refractivity contribution in [3.05, 3.63) is 106 Å². The minimum absolute atomic E-state index is 0.0695. The number of nitrogens with zero attached hydrogens (tertiary/aromatic N) is 3. The highest BCUT2D eigenvalue weighted by Gasteiger charge is 2.35. The Morgan fingerprint density at radius 3 is 2.28 bits per heavy atom. The van der Waals surface area contributed by atoms with Gasteiger partial charge in [-0.15, -0.1) is 0 Å². The van der Waals surface area contributed by atoms with Gasteiger partial charge in [0.1, 0.15) is 6.07 Å². The van der Waals surface area contributed by atoms with Crippen molar-refractivity contribution in [2.24, 2.45) is 0 Å². The Kier molecular flexibility index (Phi) is 4.63. The van der Waals surface area contributed by atoms with E-state index in [1.54, 1.807) is 4.90 Å². The van der Waals surface area contributed by atoms with Crippen LogP contribution in [-0.4, -0.2) is 10.8 Å². The summed E-state index contributed by atoms with van der Waals surface area (Å²) >= 11 is 0. The van der Waals surface area contributed by atoms with Gasteiger partial charge in [-0.1, -0.05) is 48.5 Å². The fourth-order valence-electron chi connectivity index (χ4n) is 3.46. The number of carbonyl (C=O) groups is 1. The lowest BCUT2D eigenvalue weighted by molar-refractivity contribution is -0.384. The second kappa shape index (κ2) is 7.41. The molecule has 3 aromatic rings. The monoisotopic (exact) mass is 381 g/mol. The number of non-ortho nitro benzene ring substituents is 1. The molecule has 6 heteroatoms. The van der Waals surface area contributed by atoms with Gasteiger partial charge in [0.2, 0.25) is 0 Å². The van der Waals surface area contributed by atoms with Gasteiger partial charge in [0.05, 0.1) is 28.3 Å². The molecule has 1 amide bonds. The molecule has 0 radical (unpaired) electrons. The van der Waals surface area contributed by atoms with E-state index in [1.807, 2.05) is 54.6 Å². The molecule has 6 nitrogen and oxygen atoms in total. The van der Waals surface area contributed by atoms with Crippen LogP contribution < -0.4 is 4.90 Å². The van der Waals surface area contributed by atoms with Crippen LogP contribution in [0.25, 0.3) is 11.1 Å². The van der Waals surface area contributed by atoms with E-state index < -0.39 is 4.92 Å². The molecule has 1 aliphatic rings. The third kappa shape index (κ3) is 3.26. The van der Waals surface area contributed by atoms with Crippen molar-refractivity contribution >= 4 is 28.4 Å². The summed E-state index contributed by atoms with van der Waals surface area (Å²) in [6.07, 6.45) is 0. The van der Waals surface area contributed by atoms with Crippen LogP contribution in [0.1, 0.15) is 16.7 Å². The molecule has 3 aromatic carbocycles. The third-order valence-corrected chi connectivity index (χ3v) is 4.84. The molecule has 0 bridgehead atoms. The Hall–Kier alpha value is -4.24. The van der Waals surface area contributed by atoms with Crippen molar-refractivity contribution in [2.45, 2.75) is 6.54 Å². The summed E-state index contributed by atoms with van der Waals surface area (Å²) in [5.74, 6) is -0.259. The van der Waals surface area contributed by atoms with E-state index in [2.05, 4.69) is 6.07 Å². The molecule has 0 N–H and O–H groups in total. The highest BCUT2D eigenvalue weighted by Crippen LogP contribution is 2.41. The molecule has 140 valence electrons. The summed E-state index contributed by atoms with van der Waals surface area (Å²) in [5, 5.41) is 20.7. The van der Waals surface area contributed by atoms with Crippen LogP contribution in [0, 0.1) is 21.4 Å². The summed E-state index contributed by atoms with van der Waals surface area (Å²) in [7, 11) is 0. The van der Waals surface area contributed by atoms with Gasteiger partial charge in [0.25, 0.3) is 11.6 Å². The predicted octanol–water partition coefficient (Wildman–Crippen LogP) is 4.58. The van der Waals surface area contributed by atoms with Crippen LogP contribution >= 0.6 is 0 Å². The van der Waals surface area contributed by atoms with E-state index in [9.17, 15) is 20.2 Å². The molecule has 1 heterocycles. The van der Waals surface area contributed by atoms with E-state index in [0.29, 0.717) is 23.2 Å². The Labute approximate surface area is 167 Å². The van der Waals surface area contributed by atoms with E-state index in [0.717, 1.165) is 11.3 Å². The summed E-state index contributed by atoms with van der Waals surface area (Å²) in [6, 6.07) is 24.8. The van der Waals surface area contributed by atoms with Crippen molar-refractivity contribution in [3.63, 3.8) is 0 Å². The fraction of sp³-hybridized carbons (Fsp3) is 0.0435. The number of nitriles is 1. The molecule has 29 heavy (non-hydrogen) atoms. The number of allylic oxidation sites excluding steroid dienone is 1. The Bertz CT molecular complexity index is 1180. The summed E-state index contributed by atoms with van der Waals surface area (Å²) in [5.41, 5.74) is 3.32. The Morgan fingerprint density at radius 2 is 1.62 bits per heavy atom. The zero-order valence-electron chi connectivity index (χ0n) is 15.3. The highest BCUT2D eigenvalue weighted by molar-refractivity contribution is 6.38. The second-order valence-electron chi connectivity index (χ2n) is 6.56. The van der Waals surface area contributed by atoms with Crippen molar-refractivity contribution < 1.29 is 9.72 Å². The Morgan fingerprint density at radius 1 is 0.966 bits per heavy atom. The molecule has 1 aliphatic heterocycles. The average Bonchev–Trinajstić information content (AvgIpc) is 3.02. The topological polar surface area (TPSA) is 87.2 Å². The van der Waals surface area contributed by atoms with Gasteiger partial charge >= 0.3 is 0 Å². The highest BCUT2D eigenvalue weighted by atomic mass is 16.6. The number of hydrogen-bond acceptors (Lipinski definition) is 4. The van der Waals surface area contributed by atoms with Crippen LogP contribution in [0.3, 0.4) is 0 Å². The number of anilines is 1. The van der Waals surface area contributed by atoms with Crippen LogP contribution in [0.15, 0.2) is 78.9 Å². The summed E-state index contributed by atoms with van der Waals surface area (Å²) in [4.78, 5) is 25.4. The molecule has 0 aliphatic carbocycles. The number of amides is 1. The third-order valence-electron chi connectivity index (χ3n) is 4.84. The van der Waals surface area contributed by atoms with Crippen LogP contribution in [0.5, 0.6) is 0 Å². The van der Waals surface area contributed by atoms with Gasteiger partial charge in [-0.3, -0.25) is 14.9 Å². The average molecular weight is 381 g/mol. The first-order valence-corrected chi connectivity index (χ1v) is 8.94. The number of hydrogen-bond donors (Lipinski definition) is 0. The quantitative estimate of drug-likeness (QED) is 0.286. The van der Waals surface area contributed by atoms with Crippen LogP contribution in [0.4, 0.5) is 11.4 Å². The number of carbonyl (C=O) groups excluding carboxylic acids is 1. The molecule has 0 atom stereocenters. The van der Waals surface area contributed by atoms with Crippen molar-refractivity contribution in [1.29, 1.82) is 5.26 Å². The van der Waals surface area contributed by atoms with Gasteiger partial charge < -0.3 is 4.90 Å². The maximum atomic E-state index is 13.3. The van der Waals surface area contributed by atoms with E-state index >= 15 is 0 Å². The van der Waals surface area contributed by atoms with Gasteiger partial charge in [0, 0.05) is 17.7 Å². The molecule has 0 saturated carbocycles. The molecule has 0 saturated heterocycles. The lowest BCUT2D eigenvalue weighted by Crippen LogP contribution is -2.25. The van der Waals surface area contributed by atoms with E-state index in [4.69, 9.17) is 0 Å². The number of nitro benzene ring substituents is 1. The minimum Gasteiger partial charge on any atom is -0.303 e. The number of rotatable bonds is 4. The van der Waals surface area contributed by atoms with Crippen molar-refractivity contribution in [1.82, 2.24) is 0 Å². The van der Waals surface area contributed by atoms with Crippen LogP contribution in [-0.2, 0) is 11.3 Å². The number of fused-ring (bicyclic) bond motifs is 1. The zero-order chi connectivity index (χ0) is 20.4. The fourth-order valence-corrected chi connectivity index (χ4v) is 3.46. The summed E-state index contributed by atoms with van der Waals surface area (Å²) in [6.45, 7) is 0.388. The molecular weight excluding hydrogens is 366 g/mol. The maximum Gasteiger partial charge on any atom is 0.269 e. The Balaban J connectivity index is 1.83. The predicted molar refractivity (Wildman–Crippen MR) is 110 cm³/mol. The van der Waals surface area contributed by atoms with Gasteiger partial charge in [-0.05, 0) is 29.3 Å². The molecule has 0 unspecified atom stereocenters. The first-order chi connectivity index (χ1) is 14.1. The lowest BCUT2D eigenvalue weighted by Gasteiger charge is -2.17. The first-order valence-electron chi connectivity index (χ1n) is 8.94. The molecule has 0 fully saturated rings. The number of benzene rings is 3. The van der Waals surface area contributed by atoms with Gasteiger partial charge in [-0.25, -0.2) is 0 Å². The number of nitro groups is 1. The van der Waals surface area contributed by atoms with E-state index in [-0.39, 0.29) is 17.2 Å². The zero-order valence-corrected chi connectivity index (χ0v) is 15.3. The van der Waals surface area contributed by atoms with Gasteiger partial charge in [0.15, 0.2) is 0 Å². The first kappa shape index (κ1) is 18.1. The molecule has 0 spiro atoms. The van der Waals surface area contributed by atoms with Gasteiger partial charge in [-0.2, -0.15) is 5.26 Å².